The number of nitrogens with zero attached hydrogens (tertiary/aromatic N) is 1. The van der Waals surface area contributed by atoms with E-state index in [1.165, 1.54) is 19.2 Å². The van der Waals surface area contributed by atoms with Gasteiger partial charge in [0.2, 0.25) is 15.9 Å². The molecule has 1 heterocycles. The molecule has 0 aliphatic rings. The van der Waals surface area contributed by atoms with E-state index in [-0.39, 0.29) is 23.9 Å². The van der Waals surface area contributed by atoms with Gasteiger partial charge in [-0.05, 0) is 53.6 Å². The van der Waals surface area contributed by atoms with Gasteiger partial charge in [0, 0.05) is 36.6 Å². The Hall–Kier alpha value is -3.69. The zero-order valence-electron chi connectivity index (χ0n) is 19.4. The normalized spacial score (nSPS) is 12.6. The molecule has 1 atom stereocenters. The highest BCUT2D eigenvalue weighted by Gasteiger charge is 2.24. The Morgan fingerprint density at radius 2 is 1.74 bits per heavy atom. The third-order valence-corrected chi connectivity index (χ3v) is 7.72. The molecule has 0 saturated heterocycles. The van der Waals surface area contributed by atoms with E-state index in [1.54, 1.807) is 7.11 Å². The van der Waals surface area contributed by atoms with Crippen molar-refractivity contribution in [2.24, 2.45) is 0 Å². The molecule has 0 aliphatic carbocycles. The molecule has 0 bridgehead atoms. The Bertz CT molecular complexity index is 1420. The number of fused-ring (bicyclic) bond motifs is 1. The minimum atomic E-state index is -3.93. The van der Waals surface area contributed by atoms with Crippen LogP contribution in [0.25, 0.3) is 10.9 Å². The number of nitrogens with one attached hydrogen (secondary N) is 2. The summed E-state index contributed by atoms with van der Waals surface area (Å²) in [5, 5.41) is 3.92. The molecule has 1 amide bonds. The second-order valence-corrected chi connectivity index (χ2v) is 10.2. The number of rotatable bonds is 9. The number of hydrogen-bond donors (Lipinski definition) is 2. The number of likely N-dealkylation sites (N-methyl/N-ethyl adjacent to an activating group) is 1. The second-order valence-electron chi connectivity index (χ2n) is 8.13. The topological polar surface area (TPSA) is 91.5 Å². The lowest BCUT2D eigenvalue weighted by molar-refractivity contribution is -0.121. The number of benzene rings is 3. The first-order chi connectivity index (χ1) is 16.8. The number of hydrogen-bond acceptors (Lipinski definition) is 4. The Balaban J connectivity index is 1.52. The fourth-order valence-corrected chi connectivity index (χ4v) is 5.10. The van der Waals surface area contributed by atoms with Crippen molar-refractivity contribution < 1.29 is 22.3 Å². The average molecular weight is 496 g/mol. The number of ether oxygens (including phenoxy) is 1. The molecular weight excluding hydrogens is 469 g/mol. The summed E-state index contributed by atoms with van der Waals surface area (Å²) in [4.78, 5) is 15.9. The predicted molar refractivity (Wildman–Crippen MR) is 132 cm³/mol. The molecule has 4 aromatic rings. The number of sulfonamides is 1. The van der Waals surface area contributed by atoms with Crippen LogP contribution < -0.4 is 10.1 Å². The van der Waals surface area contributed by atoms with Gasteiger partial charge in [-0.3, -0.25) is 4.79 Å². The first kappa shape index (κ1) is 24.4. The maximum atomic E-state index is 13.2. The van der Waals surface area contributed by atoms with Crippen molar-refractivity contribution in [2.75, 3.05) is 27.2 Å². The van der Waals surface area contributed by atoms with Crippen LogP contribution in [0.2, 0.25) is 0 Å². The Kier molecular flexibility index (Phi) is 7.18. The lowest BCUT2D eigenvalue weighted by atomic mass is 9.91. The molecule has 4 rings (SSSR count). The fraction of sp³-hybridized carbons (Fsp3) is 0.192. The number of halogens is 1. The number of aromatic amines is 1. The molecule has 2 N–H and O–H groups in total. The zero-order chi connectivity index (χ0) is 25.0. The smallest absolute Gasteiger partial charge is 0.243 e. The quantitative estimate of drug-likeness (QED) is 0.369. The number of methoxy groups -OCH3 is 1. The average Bonchev–Trinajstić information content (AvgIpc) is 3.29. The van der Waals surface area contributed by atoms with Crippen molar-refractivity contribution in [3.63, 3.8) is 0 Å². The van der Waals surface area contributed by atoms with Crippen LogP contribution in [0, 0.1) is 5.82 Å². The van der Waals surface area contributed by atoms with Crippen molar-refractivity contribution in [1.29, 1.82) is 0 Å². The number of carbonyl (C=O) groups excluding carboxylic acids is 1. The number of aromatic nitrogens is 1. The standard InChI is InChI=1S/C26H26FN3O4S/c1-30(35(32,33)21-13-9-19(27)10-14-21)17-26(31)29-15-23(18-7-11-20(34-2)12-8-18)24-16-28-25-6-4-3-5-22(24)25/h3-14,16,23,28H,15,17H2,1-2H3,(H,29,31). The molecule has 182 valence electrons. The van der Waals surface area contributed by atoms with E-state index in [9.17, 15) is 17.6 Å². The van der Waals surface area contributed by atoms with Gasteiger partial charge < -0.3 is 15.0 Å². The van der Waals surface area contributed by atoms with Gasteiger partial charge in [-0.25, -0.2) is 12.8 Å². The van der Waals surface area contributed by atoms with Crippen molar-refractivity contribution >= 4 is 26.8 Å². The third-order valence-electron chi connectivity index (χ3n) is 5.91. The highest BCUT2D eigenvalue weighted by atomic mass is 32.2. The summed E-state index contributed by atoms with van der Waals surface area (Å²) >= 11 is 0. The van der Waals surface area contributed by atoms with E-state index in [0.29, 0.717) is 0 Å². The minimum absolute atomic E-state index is 0.0795. The molecular formula is C26H26FN3O4S. The van der Waals surface area contributed by atoms with Crippen LogP contribution in [-0.2, 0) is 14.8 Å². The Morgan fingerprint density at radius 3 is 2.43 bits per heavy atom. The minimum Gasteiger partial charge on any atom is -0.497 e. The van der Waals surface area contributed by atoms with Crippen LogP contribution in [0.15, 0.2) is 83.9 Å². The molecule has 1 unspecified atom stereocenters. The van der Waals surface area contributed by atoms with Crippen LogP contribution in [0.3, 0.4) is 0 Å². The van der Waals surface area contributed by atoms with Crippen LogP contribution in [0.1, 0.15) is 17.0 Å². The summed E-state index contributed by atoms with van der Waals surface area (Å²) < 4.78 is 44.9. The zero-order valence-corrected chi connectivity index (χ0v) is 20.2. The molecule has 0 aliphatic heterocycles. The molecule has 0 spiro atoms. The highest BCUT2D eigenvalue weighted by Crippen LogP contribution is 2.31. The van der Waals surface area contributed by atoms with Gasteiger partial charge in [0.1, 0.15) is 11.6 Å². The number of amides is 1. The lowest BCUT2D eigenvalue weighted by Crippen LogP contribution is -2.39. The first-order valence-corrected chi connectivity index (χ1v) is 12.4. The van der Waals surface area contributed by atoms with Crippen molar-refractivity contribution in [1.82, 2.24) is 14.6 Å². The summed E-state index contributed by atoms with van der Waals surface area (Å²) in [6.07, 6.45) is 1.93. The van der Waals surface area contributed by atoms with E-state index in [2.05, 4.69) is 10.3 Å². The summed E-state index contributed by atoms with van der Waals surface area (Å²) in [7, 11) is -1.02. The van der Waals surface area contributed by atoms with Crippen molar-refractivity contribution in [3.8, 4) is 5.75 Å². The third kappa shape index (κ3) is 5.36. The number of H-pyrrole nitrogens is 1. The van der Waals surface area contributed by atoms with Gasteiger partial charge in [-0.15, -0.1) is 0 Å². The monoisotopic (exact) mass is 495 g/mol. The SMILES string of the molecule is COc1ccc(C(CNC(=O)CN(C)S(=O)(=O)c2ccc(F)cc2)c2c[nH]c3ccccc23)cc1. The first-order valence-electron chi connectivity index (χ1n) is 11.0. The van der Waals surface area contributed by atoms with Crippen LogP contribution in [0.4, 0.5) is 4.39 Å². The molecule has 35 heavy (non-hydrogen) atoms. The van der Waals surface area contributed by atoms with Crippen molar-refractivity contribution in [2.45, 2.75) is 10.8 Å². The van der Waals surface area contributed by atoms with Gasteiger partial charge in [-0.2, -0.15) is 4.31 Å². The van der Waals surface area contributed by atoms with Crippen LogP contribution in [-0.4, -0.2) is 50.9 Å². The summed E-state index contributed by atoms with van der Waals surface area (Å²) in [5.74, 6) is -0.439. The van der Waals surface area contributed by atoms with E-state index in [1.807, 2.05) is 54.7 Å². The molecule has 0 fully saturated rings. The van der Waals surface area contributed by atoms with Gasteiger partial charge in [-0.1, -0.05) is 30.3 Å². The van der Waals surface area contributed by atoms with Gasteiger partial charge >= 0.3 is 0 Å². The summed E-state index contributed by atoms with van der Waals surface area (Å²) in [6.45, 7) is -0.111. The van der Waals surface area contributed by atoms with Crippen LogP contribution in [0.5, 0.6) is 5.75 Å². The molecule has 7 nitrogen and oxygen atoms in total. The van der Waals surface area contributed by atoms with E-state index in [0.717, 1.165) is 44.2 Å². The fourth-order valence-electron chi connectivity index (χ4n) is 3.97. The van der Waals surface area contributed by atoms with Crippen LogP contribution >= 0.6 is 0 Å². The van der Waals surface area contributed by atoms with Gasteiger partial charge in [0.15, 0.2) is 0 Å². The van der Waals surface area contributed by atoms with Crippen molar-refractivity contribution in [3.05, 3.63) is 95.9 Å². The highest BCUT2D eigenvalue weighted by molar-refractivity contribution is 7.89. The molecule has 9 heteroatoms. The Labute approximate surface area is 203 Å². The molecule has 0 radical (unpaired) electrons. The second kappa shape index (κ2) is 10.3. The van der Waals surface area contributed by atoms with Gasteiger partial charge in [0.05, 0.1) is 18.6 Å². The summed E-state index contributed by atoms with van der Waals surface area (Å²) in [6, 6.07) is 20.0. The van der Waals surface area contributed by atoms with E-state index < -0.39 is 21.7 Å². The lowest BCUT2D eigenvalue weighted by Gasteiger charge is -2.20. The molecule has 3 aromatic carbocycles. The summed E-state index contributed by atoms with van der Waals surface area (Å²) in [5.41, 5.74) is 2.97. The van der Waals surface area contributed by atoms with E-state index in [4.69, 9.17) is 4.74 Å². The number of para-hydroxylation sites is 1. The number of carbonyl (C=O) groups is 1. The maximum Gasteiger partial charge on any atom is 0.243 e. The van der Waals surface area contributed by atoms with E-state index >= 15 is 0 Å². The van der Waals surface area contributed by atoms with Gasteiger partial charge in [0.25, 0.3) is 0 Å². The Morgan fingerprint density at radius 1 is 1.06 bits per heavy atom. The largest absolute Gasteiger partial charge is 0.497 e. The maximum absolute atomic E-state index is 13.2. The predicted octanol–water partition coefficient (Wildman–Crippen LogP) is 3.88. The molecule has 1 aromatic heterocycles. The molecule has 0 saturated carbocycles.